The number of nitrogens with zero attached hydrogens (tertiary/aromatic N) is 4. The number of benzene rings is 1. The van der Waals surface area contributed by atoms with E-state index in [-0.39, 0.29) is 64.1 Å². The number of carbonyl (C=O) groups is 3. The fraction of sp³-hybridized carbons (Fsp3) is 0.525. The standard InChI is InChI=1S/C40H42F6N4O6S/c1-2-7-31-38(56-26-22-32(57-24-26)40(44,45)46,12-5-18-50(31)33(51)27-23-48-17-10-28(27)39(41,42)43)34(52)49-19-15-37(25-47,16-20-49)29-8-3-4-9-30(29)55-21-6-11-36(13-14-36)35(53)54/h3-4,8-10,17,22-24,31H,2,5-7,11-16,18-21H2,1H3,(H,53,54). The first-order chi connectivity index (χ1) is 27.0. The Morgan fingerprint density at radius 1 is 1.02 bits per heavy atom. The summed E-state index contributed by atoms with van der Waals surface area (Å²) in [6.45, 7) is 1.96. The molecule has 4 heterocycles. The Labute approximate surface area is 329 Å². The molecule has 0 radical (unpaired) electrons. The zero-order chi connectivity index (χ0) is 41.2. The van der Waals surface area contributed by atoms with Crippen LogP contribution in [0.15, 0.2) is 54.2 Å². The maximum atomic E-state index is 15.0. The van der Waals surface area contributed by atoms with Crippen LogP contribution in [-0.2, 0) is 27.4 Å². The van der Waals surface area contributed by atoms with Crippen LogP contribution in [-0.4, -0.2) is 75.6 Å². The molecule has 2 atom stereocenters. The van der Waals surface area contributed by atoms with E-state index in [9.17, 15) is 46.3 Å². The summed E-state index contributed by atoms with van der Waals surface area (Å²) < 4.78 is 95.9. The summed E-state index contributed by atoms with van der Waals surface area (Å²) in [5, 5.41) is 21.3. The molecule has 6 rings (SSSR count). The van der Waals surface area contributed by atoms with Crippen LogP contribution in [0.1, 0.15) is 97.5 Å². The minimum absolute atomic E-state index is 0.0119. The molecular formula is C40H42F6N4O6S. The Morgan fingerprint density at radius 3 is 2.35 bits per heavy atom. The molecule has 3 aromatic rings. The number of aliphatic carboxylic acids is 1. The van der Waals surface area contributed by atoms with Crippen molar-refractivity contribution in [1.29, 1.82) is 5.26 Å². The maximum Gasteiger partial charge on any atom is 0.425 e. The molecule has 1 aromatic carbocycles. The highest BCUT2D eigenvalue weighted by molar-refractivity contribution is 7.10. The second kappa shape index (κ2) is 16.2. The first kappa shape index (κ1) is 41.8. The number of likely N-dealkylation sites (tertiary alicyclic amines) is 2. The average molecular weight is 821 g/mol. The van der Waals surface area contributed by atoms with E-state index >= 15 is 4.79 Å². The van der Waals surface area contributed by atoms with Crippen LogP contribution in [0.4, 0.5) is 26.3 Å². The lowest BCUT2D eigenvalue weighted by atomic mass is 9.72. The number of carboxylic acid groups (broad SMARTS) is 1. The molecular weight excluding hydrogens is 779 g/mol. The van der Waals surface area contributed by atoms with Gasteiger partial charge in [-0.1, -0.05) is 31.5 Å². The smallest absolute Gasteiger partial charge is 0.425 e. The summed E-state index contributed by atoms with van der Waals surface area (Å²) in [7, 11) is 0. The number of amides is 2. The summed E-state index contributed by atoms with van der Waals surface area (Å²) >= 11 is 0.366. The molecule has 1 saturated carbocycles. The molecule has 2 unspecified atom stereocenters. The topological polar surface area (TPSA) is 133 Å². The van der Waals surface area contributed by atoms with Crippen LogP contribution in [0, 0.1) is 16.7 Å². The van der Waals surface area contributed by atoms with Crippen molar-refractivity contribution < 1.29 is 55.3 Å². The van der Waals surface area contributed by atoms with E-state index in [4.69, 9.17) is 9.47 Å². The summed E-state index contributed by atoms with van der Waals surface area (Å²) in [6.07, 6.45) is -4.95. The quantitative estimate of drug-likeness (QED) is 0.134. The molecule has 1 aliphatic carbocycles. The van der Waals surface area contributed by atoms with Gasteiger partial charge < -0.3 is 24.4 Å². The van der Waals surface area contributed by atoms with E-state index in [1.54, 1.807) is 31.2 Å². The zero-order valence-electron chi connectivity index (χ0n) is 31.1. The number of hydrogen-bond donors (Lipinski definition) is 1. The van der Waals surface area contributed by atoms with E-state index in [0.29, 0.717) is 60.8 Å². The Kier molecular flexibility index (Phi) is 11.9. The highest BCUT2D eigenvalue weighted by atomic mass is 32.1. The molecule has 3 fully saturated rings. The van der Waals surface area contributed by atoms with Gasteiger partial charge >= 0.3 is 18.3 Å². The lowest BCUT2D eigenvalue weighted by Gasteiger charge is -2.51. The lowest BCUT2D eigenvalue weighted by molar-refractivity contribution is -0.160. The lowest BCUT2D eigenvalue weighted by Crippen LogP contribution is -2.68. The van der Waals surface area contributed by atoms with Crippen molar-refractivity contribution in [1.82, 2.24) is 14.8 Å². The number of nitriles is 1. The van der Waals surface area contributed by atoms with E-state index in [1.165, 1.54) is 4.90 Å². The number of ether oxygens (including phenoxy) is 2. The minimum Gasteiger partial charge on any atom is -0.493 e. The normalized spacial score (nSPS) is 21.7. The second-order valence-electron chi connectivity index (χ2n) is 15.0. The summed E-state index contributed by atoms with van der Waals surface area (Å²) in [6, 6.07) is 9.71. The number of aromatic nitrogens is 1. The van der Waals surface area contributed by atoms with Crippen molar-refractivity contribution in [2.75, 3.05) is 26.2 Å². The molecule has 0 spiro atoms. The fourth-order valence-electron chi connectivity index (χ4n) is 8.20. The van der Waals surface area contributed by atoms with Gasteiger partial charge in [0.05, 0.1) is 40.7 Å². The number of piperidine rings is 2. The van der Waals surface area contributed by atoms with Crippen molar-refractivity contribution in [3.05, 3.63) is 75.7 Å². The number of alkyl halides is 6. The number of pyridine rings is 1. The number of hydrogen-bond acceptors (Lipinski definition) is 8. The van der Waals surface area contributed by atoms with Gasteiger partial charge in [0.15, 0.2) is 0 Å². The van der Waals surface area contributed by atoms with Crippen molar-refractivity contribution in [2.24, 2.45) is 5.41 Å². The van der Waals surface area contributed by atoms with Crippen LogP contribution in [0.3, 0.4) is 0 Å². The number of carboxylic acids is 1. The predicted octanol–water partition coefficient (Wildman–Crippen LogP) is 8.51. The molecule has 2 aromatic heterocycles. The first-order valence-corrected chi connectivity index (χ1v) is 19.7. The molecule has 0 bridgehead atoms. The van der Waals surface area contributed by atoms with Gasteiger partial charge in [0.2, 0.25) is 5.60 Å². The van der Waals surface area contributed by atoms with Gasteiger partial charge in [-0.3, -0.25) is 19.4 Å². The average Bonchev–Trinajstić information content (AvgIpc) is 3.84. The Bertz CT molecular complexity index is 2000. The Balaban J connectivity index is 1.29. The van der Waals surface area contributed by atoms with E-state index in [2.05, 4.69) is 11.1 Å². The number of halogens is 6. The van der Waals surface area contributed by atoms with Crippen LogP contribution < -0.4 is 9.47 Å². The summed E-state index contributed by atoms with van der Waals surface area (Å²) in [5.74, 6) is -2.32. The van der Waals surface area contributed by atoms with Gasteiger partial charge in [-0.2, -0.15) is 31.6 Å². The van der Waals surface area contributed by atoms with Crippen LogP contribution in [0.2, 0.25) is 0 Å². The maximum absolute atomic E-state index is 15.0. The molecule has 1 N–H and O–H groups in total. The van der Waals surface area contributed by atoms with E-state index in [0.717, 1.165) is 28.7 Å². The Morgan fingerprint density at radius 2 is 1.74 bits per heavy atom. The molecule has 57 heavy (non-hydrogen) atoms. The monoisotopic (exact) mass is 820 g/mol. The van der Waals surface area contributed by atoms with E-state index < -0.39 is 68.6 Å². The molecule has 2 saturated heterocycles. The van der Waals surface area contributed by atoms with Crippen LogP contribution >= 0.6 is 11.3 Å². The van der Waals surface area contributed by atoms with Crippen LogP contribution in [0.25, 0.3) is 0 Å². The predicted molar refractivity (Wildman–Crippen MR) is 194 cm³/mol. The highest BCUT2D eigenvalue weighted by Gasteiger charge is 2.57. The minimum atomic E-state index is -4.90. The molecule has 17 heteroatoms. The van der Waals surface area contributed by atoms with Gasteiger partial charge in [0, 0.05) is 55.5 Å². The molecule has 2 aliphatic heterocycles. The number of thiophene rings is 1. The van der Waals surface area contributed by atoms with E-state index in [1.807, 2.05) is 0 Å². The Hall–Kier alpha value is -4.85. The van der Waals surface area contributed by atoms with Gasteiger partial charge in [-0.05, 0) is 63.5 Å². The van der Waals surface area contributed by atoms with Crippen molar-refractivity contribution in [3.8, 4) is 17.6 Å². The third-order valence-electron chi connectivity index (χ3n) is 11.4. The van der Waals surface area contributed by atoms with Crippen molar-refractivity contribution in [2.45, 2.75) is 101 Å². The van der Waals surface area contributed by atoms with Crippen molar-refractivity contribution >= 4 is 29.1 Å². The first-order valence-electron chi connectivity index (χ1n) is 18.8. The van der Waals surface area contributed by atoms with Gasteiger partial charge in [-0.15, -0.1) is 11.3 Å². The largest absolute Gasteiger partial charge is 0.493 e. The van der Waals surface area contributed by atoms with Gasteiger partial charge in [0.25, 0.3) is 11.8 Å². The van der Waals surface area contributed by atoms with Gasteiger partial charge in [0.1, 0.15) is 16.4 Å². The third-order valence-corrected chi connectivity index (χ3v) is 12.4. The van der Waals surface area contributed by atoms with Gasteiger partial charge in [-0.25, -0.2) is 0 Å². The number of para-hydroxylation sites is 1. The second-order valence-corrected chi connectivity index (χ2v) is 15.9. The molecule has 306 valence electrons. The van der Waals surface area contributed by atoms with Crippen LogP contribution in [0.5, 0.6) is 11.5 Å². The highest BCUT2D eigenvalue weighted by Crippen LogP contribution is 2.50. The summed E-state index contributed by atoms with van der Waals surface area (Å²) in [5.41, 5.74) is -5.15. The zero-order valence-corrected chi connectivity index (χ0v) is 31.9. The van der Waals surface area contributed by atoms with Crippen molar-refractivity contribution in [3.63, 3.8) is 0 Å². The number of rotatable bonds is 13. The molecule has 10 nitrogen and oxygen atoms in total. The molecule has 3 aliphatic rings. The number of carbonyl (C=O) groups excluding carboxylic acids is 2. The molecule has 2 amide bonds. The fourth-order valence-corrected chi connectivity index (χ4v) is 8.88. The SMILES string of the molecule is CCCC1N(C(=O)c2cnccc2C(F)(F)F)CCCC1(Oc1csc(C(F)(F)F)c1)C(=O)N1CCC(C#N)(c2ccccc2OCCCC2(C(=O)O)CC2)CC1. The summed E-state index contributed by atoms with van der Waals surface area (Å²) in [4.78, 5) is 46.1. The third kappa shape index (κ3) is 8.42.